The van der Waals surface area contributed by atoms with Crippen LogP contribution in [0.2, 0.25) is 0 Å². The van der Waals surface area contributed by atoms with Crippen molar-refractivity contribution in [2.75, 3.05) is 5.32 Å². The van der Waals surface area contributed by atoms with Gasteiger partial charge in [-0.3, -0.25) is 4.79 Å². The Morgan fingerprint density at radius 2 is 1.54 bits per heavy atom. The Labute approximate surface area is 161 Å². The smallest absolute Gasteiger partial charge is 0.228 e. The molecule has 0 saturated carbocycles. The number of amides is 1. The van der Waals surface area contributed by atoms with E-state index < -0.39 is 11.6 Å². The molecule has 0 radical (unpaired) electrons. The van der Waals surface area contributed by atoms with Crippen LogP contribution in [-0.4, -0.2) is 5.91 Å². The van der Waals surface area contributed by atoms with Gasteiger partial charge in [0.25, 0.3) is 0 Å². The second kappa shape index (κ2) is 7.61. The van der Waals surface area contributed by atoms with Crippen molar-refractivity contribution in [3.05, 3.63) is 102 Å². The van der Waals surface area contributed by atoms with Crippen LogP contribution >= 0.6 is 0 Å². The van der Waals surface area contributed by atoms with Gasteiger partial charge in [-0.05, 0) is 28.0 Å². The van der Waals surface area contributed by atoms with Crippen molar-refractivity contribution in [3.63, 3.8) is 0 Å². The first-order chi connectivity index (χ1) is 13.6. The van der Waals surface area contributed by atoms with E-state index in [1.165, 1.54) is 6.07 Å². The van der Waals surface area contributed by atoms with E-state index in [-0.39, 0.29) is 18.0 Å². The van der Waals surface area contributed by atoms with Gasteiger partial charge in [-0.25, -0.2) is 8.78 Å². The van der Waals surface area contributed by atoms with Crippen molar-refractivity contribution in [1.29, 1.82) is 0 Å². The predicted octanol–water partition coefficient (Wildman–Crippen LogP) is 5.97. The summed E-state index contributed by atoms with van der Waals surface area (Å²) in [5, 5.41) is 4.65. The number of nitrogens with one attached hydrogen (secondary N) is 1. The molecule has 1 N–H and O–H groups in total. The summed E-state index contributed by atoms with van der Waals surface area (Å²) in [6.45, 7) is 0. The minimum absolute atomic E-state index is 0.0159. The molecule has 2 nitrogen and oxygen atoms in total. The first-order valence-electron chi connectivity index (χ1n) is 8.93. The molecule has 0 unspecified atom stereocenters. The third-order valence-corrected chi connectivity index (χ3v) is 4.64. The molecular weight excluding hydrogens is 356 g/mol. The Hall–Kier alpha value is -3.53. The van der Waals surface area contributed by atoms with Crippen LogP contribution in [0.15, 0.2) is 84.9 Å². The molecule has 1 amide bonds. The third kappa shape index (κ3) is 3.62. The van der Waals surface area contributed by atoms with Crippen LogP contribution in [0.5, 0.6) is 0 Å². The molecule has 0 aromatic heterocycles. The molecule has 0 bridgehead atoms. The van der Waals surface area contributed by atoms with Gasteiger partial charge in [-0.2, -0.15) is 0 Å². The van der Waals surface area contributed by atoms with Gasteiger partial charge in [-0.15, -0.1) is 0 Å². The van der Waals surface area contributed by atoms with E-state index >= 15 is 0 Å². The minimum Gasteiger partial charge on any atom is -0.323 e. The molecule has 0 aliphatic rings. The molecule has 4 aromatic carbocycles. The van der Waals surface area contributed by atoms with Crippen molar-refractivity contribution in [1.82, 2.24) is 0 Å². The lowest BCUT2D eigenvalue weighted by molar-refractivity contribution is -0.115. The molecule has 4 aromatic rings. The lowest BCUT2D eigenvalue weighted by Crippen LogP contribution is -2.16. The van der Waals surface area contributed by atoms with E-state index in [9.17, 15) is 13.6 Å². The average molecular weight is 373 g/mol. The number of benzene rings is 4. The molecule has 0 atom stereocenters. The highest BCUT2D eigenvalue weighted by atomic mass is 19.1. The van der Waals surface area contributed by atoms with Gasteiger partial charge in [0.1, 0.15) is 11.6 Å². The number of hydrogen-bond acceptors (Lipinski definition) is 1. The highest BCUT2D eigenvalue weighted by Crippen LogP contribution is 2.31. The van der Waals surface area contributed by atoms with Gasteiger partial charge in [0, 0.05) is 11.6 Å². The highest BCUT2D eigenvalue weighted by molar-refractivity contribution is 5.99. The van der Waals surface area contributed by atoms with E-state index in [0.29, 0.717) is 11.1 Å². The summed E-state index contributed by atoms with van der Waals surface area (Å²) >= 11 is 0. The fourth-order valence-electron chi connectivity index (χ4n) is 3.35. The summed E-state index contributed by atoms with van der Waals surface area (Å²) in [6.07, 6.45) is 0.0897. The third-order valence-electron chi connectivity index (χ3n) is 4.64. The standard InChI is InChI=1S/C24H17F2NO/c25-19-14-21(17-7-2-1-3-8-17)24(22(26)15-19)27-23(28)13-18-11-6-10-16-9-4-5-12-20(16)18/h1-12,14-15H,13H2,(H,27,28). The lowest BCUT2D eigenvalue weighted by atomic mass is 10.0. The van der Waals surface area contributed by atoms with Gasteiger partial charge >= 0.3 is 0 Å². The summed E-state index contributed by atoms with van der Waals surface area (Å²) in [7, 11) is 0. The quantitative estimate of drug-likeness (QED) is 0.469. The summed E-state index contributed by atoms with van der Waals surface area (Å²) in [5.74, 6) is -1.85. The number of carbonyl (C=O) groups excluding carboxylic acids is 1. The van der Waals surface area contributed by atoms with E-state index in [1.54, 1.807) is 24.3 Å². The Bertz CT molecular complexity index is 1150. The van der Waals surface area contributed by atoms with Crippen molar-refractivity contribution >= 4 is 22.4 Å². The Morgan fingerprint density at radius 3 is 2.36 bits per heavy atom. The summed E-state index contributed by atoms with van der Waals surface area (Å²) in [6, 6.07) is 24.4. The van der Waals surface area contributed by atoms with Crippen LogP contribution in [0.3, 0.4) is 0 Å². The fraction of sp³-hybridized carbons (Fsp3) is 0.0417. The van der Waals surface area contributed by atoms with Crippen molar-refractivity contribution in [2.45, 2.75) is 6.42 Å². The zero-order chi connectivity index (χ0) is 19.5. The first-order valence-corrected chi connectivity index (χ1v) is 8.93. The van der Waals surface area contributed by atoms with Gasteiger partial charge in [0.2, 0.25) is 5.91 Å². The number of anilines is 1. The van der Waals surface area contributed by atoms with Gasteiger partial charge in [-0.1, -0.05) is 72.8 Å². The topological polar surface area (TPSA) is 29.1 Å². The summed E-state index contributed by atoms with van der Waals surface area (Å²) < 4.78 is 28.3. The highest BCUT2D eigenvalue weighted by Gasteiger charge is 2.16. The Morgan fingerprint density at radius 1 is 0.821 bits per heavy atom. The Balaban J connectivity index is 1.66. The number of fused-ring (bicyclic) bond motifs is 1. The second-order valence-electron chi connectivity index (χ2n) is 6.54. The van der Waals surface area contributed by atoms with Gasteiger partial charge in [0.05, 0.1) is 12.1 Å². The molecule has 28 heavy (non-hydrogen) atoms. The maximum Gasteiger partial charge on any atom is 0.228 e. The van der Waals surface area contributed by atoms with Crippen molar-refractivity contribution in [3.8, 4) is 11.1 Å². The molecule has 138 valence electrons. The number of rotatable bonds is 4. The largest absolute Gasteiger partial charge is 0.323 e. The van der Waals surface area contributed by atoms with Crippen LogP contribution in [-0.2, 0) is 11.2 Å². The van der Waals surface area contributed by atoms with Crippen LogP contribution in [0.25, 0.3) is 21.9 Å². The molecule has 0 aliphatic heterocycles. The molecule has 0 fully saturated rings. The molecule has 0 saturated heterocycles. The second-order valence-corrected chi connectivity index (χ2v) is 6.54. The molecule has 4 heteroatoms. The average Bonchev–Trinajstić information content (AvgIpc) is 2.71. The lowest BCUT2D eigenvalue weighted by Gasteiger charge is -2.13. The van der Waals surface area contributed by atoms with Crippen LogP contribution < -0.4 is 5.32 Å². The monoisotopic (exact) mass is 373 g/mol. The molecular formula is C24H17F2NO. The predicted molar refractivity (Wildman–Crippen MR) is 108 cm³/mol. The zero-order valence-electron chi connectivity index (χ0n) is 15.0. The van der Waals surface area contributed by atoms with Crippen LogP contribution in [0, 0.1) is 11.6 Å². The van der Waals surface area contributed by atoms with E-state index in [2.05, 4.69) is 5.32 Å². The zero-order valence-corrected chi connectivity index (χ0v) is 15.0. The maximum absolute atomic E-state index is 14.5. The van der Waals surface area contributed by atoms with Crippen LogP contribution in [0.1, 0.15) is 5.56 Å². The number of hydrogen-bond donors (Lipinski definition) is 1. The van der Waals surface area contributed by atoms with E-state index in [0.717, 1.165) is 22.4 Å². The summed E-state index contributed by atoms with van der Waals surface area (Å²) in [4.78, 5) is 12.7. The van der Waals surface area contributed by atoms with Crippen molar-refractivity contribution < 1.29 is 13.6 Å². The molecule has 0 aliphatic carbocycles. The summed E-state index contributed by atoms with van der Waals surface area (Å²) in [5.41, 5.74) is 1.77. The van der Waals surface area contributed by atoms with Gasteiger partial charge in [0.15, 0.2) is 0 Å². The van der Waals surface area contributed by atoms with Crippen molar-refractivity contribution in [2.24, 2.45) is 0 Å². The number of halogens is 2. The minimum atomic E-state index is -0.801. The fourth-order valence-corrected chi connectivity index (χ4v) is 3.35. The molecule has 0 heterocycles. The van der Waals surface area contributed by atoms with E-state index in [4.69, 9.17) is 0 Å². The maximum atomic E-state index is 14.5. The first kappa shape index (κ1) is 17.9. The molecule has 4 rings (SSSR count). The number of carbonyl (C=O) groups is 1. The van der Waals surface area contributed by atoms with Crippen LogP contribution in [0.4, 0.5) is 14.5 Å². The normalized spacial score (nSPS) is 10.8. The molecule has 0 spiro atoms. The Kier molecular flexibility index (Phi) is 4.85. The SMILES string of the molecule is O=C(Cc1cccc2ccccc12)Nc1c(F)cc(F)cc1-c1ccccc1. The van der Waals surface area contributed by atoms with Gasteiger partial charge < -0.3 is 5.32 Å². The van der Waals surface area contributed by atoms with E-state index in [1.807, 2.05) is 48.5 Å².